The van der Waals surface area contributed by atoms with E-state index in [0.717, 1.165) is 5.69 Å². The second kappa shape index (κ2) is 10.5. The Bertz CT molecular complexity index is 1150. The highest BCUT2D eigenvalue weighted by atomic mass is 32.2. The molecule has 1 aliphatic rings. The summed E-state index contributed by atoms with van der Waals surface area (Å²) >= 11 is 5.21. The van der Waals surface area contributed by atoms with Gasteiger partial charge < -0.3 is 9.64 Å². The molecule has 1 aliphatic heterocycles. The van der Waals surface area contributed by atoms with Gasteiger partial charge in [-0.25, -0.2) is 9.79 Å². The predicted molar refractivity (Wildman–Crippen MR) is 129 cm³/mol. The summed E-state index contributed by atoms with van der Waals surface area (Å²) in [5.74, 6) is 0.804. The lowest BCUT2D eigenvalue weighted by atomic mass is 10.2. The van der Waals surface area contributed by atoms with Crippen LogP contribution < -0.4 is 14.5 Å². The molecule has 2 aromatic rings. The van der Waals surface area contributed by atoms with Gasteiger partial charge in [0.2, 0.25) is 5.88 Å². The third-order valence-corrected chi connectivity index (χ3v) is 5.58. The predicted octanol–water partition coefficient (Wildman–Crippen LogP) is 4.44. The number of carbonyl (C=O) groups excluding carboxylic acids is 1. The maximum Gasteiger partial charge on any atom is 0.352 e. The van der Waals surface area contributed by atoms with Gasteiger partial charge in [-0.15, -0.1) is 0 Å². The van der Waals surface area contributed by atoms with Gasteiger partial charge >= 0.3 is 6.03 Å². The fraction of sp³-hybridized carbons (Fsp3) is 0.227. The van der Waals surface area contributed by atoms with E-state index in [2.05, 4.69) is 4.99 Å². The van der Waals surface area contributed by atoms with Gasteiger partial charge in [0, 0.05) is 18.8 Å². The van der Waals surface area contributed by atoms with Crippen molar-refractivity contribution >= 4 is 50.9 Å². The standard InChI is InChI=1S/C22H23N3O5S2/c1-17(31)25(18-9-3-2-4-10-18)22(26)23-14-13-21-24(15-7-8-16-32(27,28)29)19-11-5-6-12-20(19)30-21/h2-6,9-14H,7-8,15-16H2,1H3,(H,27,28,29). The summed E-state index contributed by atoms with van der Waals surface area (Å²) in [4.78, 5) is 20.2. The van der Waals surface area contributed by atoms with E-state index in [4.69, 9.17) is 21.5 Å². The number of thiocarbonyl (C=S) groups is 1. The van der Waals surface area contributed by atoms with E-state index in [9.17, 15) is 13.2 Å². The number of hydrogen-bond acceptors (Lipinski definition) is 6. The van der Waals surface area contributed by atoms with Crippen molar-refractivity contribution in [1.29, 1.82) is 0 Å². The number of nitrogens with zero attached hydrogens (tertiary/aromatic N) is 3. The first-order valence-electron chi connectivity index (χ1n) is 9.90. The number of aliphatic imine (C=N–C) groups is 1. The molecule has 10 heteroatoms. The second-order valence-corrected chi connectivity index (χ2v) is 9.13. The first-order chi connectivity index (χ1) is 15.3. The largest absolute Gasteiger partial charge is 0.439 e. The molecule has 0 bridgehead atoms. The molecule has 0 aromatic heterocycles. The summed E-state index contributed by atoms with van der Waals surface area (Å²) in [7, 11) is -3.99. The van der Waals surface area contributed by atoms with Crippen molar-refractivity contribution in [3.63, 3.8) is 0 Å². The van der Waals surface area contributed by atoms with E-state index in [1.54, 1.807) is 25.1 Å². The van der Waals surface area contributed by atoms with E-state index >= 15 is 0 Å². The van der Waals surface area contributed by atoms with Crippen LogP contribution in [-0.2, 0) is 10.1 Å². The molecule has 168 valence electrons. The molecule has 3 rings (SSSR count). The third kappa shape index (κ3) is 6.22. The summed E-state index contributed by atoms with van der Waals surface area (Å²) in [6.07, 6.45) is 3.74. The molecule has 1 N–H and O–H groups in total. The normalized spacial score (nSPS) is 14.4. The van der Waals surface area contributed by atoms with E-state index < -0.39 is 16.1 Å². The highest BCUT2D eigenvalue weighted by Gasteiger charge is 2.25. The number of para-hydroxylation sites is 3. The molecule has 1 heterocycles. The number of carbonyl (C=O) groups is 1. The number of amides is 2. The van der Waals surface area contributed by atoms with Gasteiger partial charge in [-0.05, 0) is 44.0 Å². The number of benzene rings is 2. The summed E-state index contributed by atoms with van der Waals surface area (Å²) < 4.78 is 36.7. The fourth-order valence-corrected chi connectivity index (χ4v) is 3.94. The number of anilines is 2. The van der Waals surface area contributed by atoms with Crippen molar-refractivity contribution in [2.75, 3.05) is 22.1 Å². The minimum Gasteiger partial charge on any atom is -0.439 e. The molecular formula is C22H23N3O5S2. The molecule has 32 heavy (non-hydrogen) atoms. The van der Waals surface area contributed by atoms with Gasteiger partial charge in [-0.3, -0.25) is 9.45 Å². The van der Waals surface area contributed by atoms with Crippen LogP contribution in [0.2, 0.25) is 0 Å². The monoisotopic (exact) mass is 473 g/mol. The van der Waals surface area contributed by atoms with Crippen molar-refractivity contribution in [2.24, 2.45) is 4.99 Å². The van der Waals surface area contributed by atoms with Crippen LogP contribution in [0, 0.1) is 0 Å². The van der Waals surface area contributed by atoms with Crippen LogP contribution in [0.25, 0.3) is 0 Å². The zero-order valence-electron chi connectivity index (χ0n) is 17.4. The first-order valence-corrected chi connectivity index (χ1v) is 11.9. The Morgan fingerprint density at radius 3 is 2.53 bits per heavy atom. The van der Waals surface area contributed by atoms with E-state index in [1.807, 2.05) is 47.4 Å². The Kier molecular flexibility index (Phi) is 7.73. The molecular weight excluding hydrogens is 450 g/mol. The quantitative estimate of drug-likeness (QED) is 0.275. The van der Waals surface area contributed by atoms with Crippen molar-refractivity contribution in [1.82, 2.24) is 0 Å². The zero-order chi connectivity index (χ0) is 23.1. The zero-order valence-corrected chi connectivity index (χ0v) is 19.1. The maximum absolute atomic E-state index is 12.6. The van der Waals surface area contributed by atoms with Crippen molar-refractivity contribution < 1.29 is 22.5 Å². The molecule has 8 nitrogen and oxygen atoms in total. The van der Waals surface area contributed by atoms with Crippen molar-refractivity contribution in [3.05, 3.63) is 66.6 Å². The average molecular weight is 474 g/mol. The number of hydrogen-bond donors (Lipinski definition) is 1. The minimum atomic E-state index is -3.99. The lowest BCUT2D eigenvalue weighted by molar-refractivity contribution is 0.257. The number of rotatable bonds is 7. The van der Waals surface area contributed by atoms with Crippen LogP contribution in [-0.4, -0.2) is 42.5 Å². The molecule has 0 spiro atoms. The molecule has 0 radical (unpaired) electrons. The van der Waals surface area contributed by atoms with Gasteiger partial charge in [0.15, 0.2) is 5.75 Å². The van der Waals surface area contributed by atoms with Crippen LogP contribution in [0.4, 0.5) is 16.2 Å². The molecule has 2 amide bonds. The third-order valence-electron chi connectivity index (χ3n) is 4.59. The Hall–Kier alpha value is -3.08. The smallest absolute Gasteiger partial charge is 0.352 e. The van der Waals surface area contributed by atoms with E-state index in [1.165, 1.54) is 11.1 Å². The van der Waals surface area contributed by atoms with Crippen LogP contribution in [0.3, 0.4) is 0 Å². The number of allylic oxidation sites excluding steroid dienone is 1. The van der Waals surface area contributed by atoms with Gasteiger partial charge in [0.1, 0.15) is 0 Å². The molecule has 2 aromatic carbocycles. The van der Waals surface area contributed by atoms with Crippen molar-refractivity contribution in [3.8, 4) is 5.75 Å². The van der Waals surface area contributed by atoms with E-state index in [-0.39, 0.29) is 5.75 Å². The Balaban J connectivity index is 1.74. The summed E-state index contributed by atoms with van der Waals surface area (Å²) in [5.41, 5.74) is 1.45. The topological polar surface area (TPSA) is 99.5 Å². The molecule has 0 unspecified atom stereocenters. The molecule has 0 saturated carbocycles. The molecule has 0 atom stereocenters. The molecule has 0 aliphatic carbocycles. The Morgan fingerprint density at radius 2 is 1.84 bits per heavy atom. The van der Waals surface area contributed by atoms with E-state index in [0.29, 0.717) is 41.7 Å². The minimum absolute atomic E-state index is 0.301. The number of urea groups is 1. The highest BCUT2D eigenvalue weighted by molar-refractivity contribution is 7.85. The van der Waals surface area contributed by atoms with Crippen molar-refractivity contribution in [2.45, 2.75) is 19.8 Å². The number of ether oxygens (including phenoxy) is 1. The van der Waals surface area contributed by atoms with Crippen LogP contribution >= 0.6 is 12.2 Å². The lowest BCUT2D eigenvalue weighted by Gasteiger charge is -2.19. The molecule has 0 saturated heterocycles. The van der Waals surface area contributed by atoms with Gasteiger partial charge in [0.05, 0.1) is 22.1 Å². The second-order valence-electron chi connectivity index (χ2n) is 6.97. The summed E-state index contributed by atoms with van der Waals surface area (Å²) in [6.45, 7) is 2.12. The highest BCUT2D eigenvalue weighted by Crippen LogP contribution is 2.38. The maximum atomic E-state index is 12.6. The van der Waals surface area contributed by atoms with Crippen LogP contribution in [0.15, 0.2) is 71.5 Å². The lowest BCUT2D eigenvalue weighted by Crippen LogP contribution is -2.31. The van der Waals surface area contributed by atoms with Gasteiger partial charge in [0.25, 0.3) is 10.1 Å². The fourth-order valence-electron chi connectivity index (χ4n) is 3.19. The first kappa shape index (κ1) is 23.6. The van der Waals surface area contributed by atoms with Gasteiger partial charge in [-0.2, -0.15) is 8.42 Å². The van der Waals surface area contributed by atoms with Crippen LogP contribution in [0.1, 0.15) is 19.8 Å². The number of unbranched alkanes of at least 4 members (excludes halogenated alkanes) is 1. The SMILES string of the molecule is CC(=S)N(C(=O)N=CC=C1Oc2ccccc2N1CCCCS(=O)(=O)O)c1ccccc1. The van der Waals surface area contributed by atoms with Gasteiger partial charge in [-0.1, -0.05) is 42.5 Å². The average Bonchev–Trinajstić information content (AvgIpc) is 3.08. The van der Waals surface area contributed by atoms with Crippen LogP contribution in [0.5, 0.6) is 5.75 Å². The molecule has 0 fully saturated rings. The summed E-state index contributed by atoms with van der Waals surface area (Å²) in [6, 6.07) is 15.9. The summed E-state index contributed by atoms with van der Waals surface area (Å²) in [5, 5.41) is 0. The Labute approximate surface area is 192 Å². The Morgan fingerprint density at radius 1 is 1.16 bits per heavy atom. The number of fused-ring (bicyclic) bond motifs is 1.